The molecule has 0 heterocycles. The van der Waals surface area contributed by atoms with Crippen molar-refractivity contribution in [3.8, 4) is 11.1 Å². The van der Waals surface area contributed by atoms with Crippen molar-refractivity contribution in [2.75, 3.05) is 0 Å². The zero-order valence-electron chi connectivity index (χ0n) is 16.7. The summed E-state index contributed by atoms with van der Waals surface area (Å²) in [4.78, 5) is 0. The minimum Gasteiger partial charge on any atom is -0.0648 e. The molecule has 0 radical (unpaired) electrons. The Hall–Kier alpha value is -1.82. The average molecular weight is 333 g/mol. The summed E-state index contributed by atoms with van der Waals surface area (Å²) >= 11 is 0. The Labute approximate surface area is 154 Å². The maximum absolute atomic E-state index is 2.50. The van der Waals surface area contributed by atoms with E-state index in [9.17, 15) is 0 Å². The topological polar surface area (TPSA) is 0 Å². The largest absolute Gasteiger partial charge is 0.0648 e. The Balaban J connectivity index is 2.29. The molecule has 0 spiro atoms. The van der Waals surface area contributed by atoms with Gasteiger partial charge in [-0.05, 0) is 64.0 Å². The molecule has 1 atom stereocenters. The molecule has 1 unspecified atom stereocenters. The summed E-state index contributed by atoms with van der Waals surface area (Å²) in [6.07, 6.45) is 5.91. The summed E-state index contributed by atoms with van der Waals surface area (Å²) in [6.45, 7) is 13.9. The van der Waals surface area contributed by atoms with Gasteiger partial charge >= 0.3 is 0 Å². The highest BCUT2D eigenvalue weighted by molar-refractivity contribution is 5.85. The molecule has 0 saturated carbocycles. The second-order valence-corrected chi connectivity index (χ2v) is 8.53. The van der Waals surface area contributed by atoms with E-state index in [1.807, 2.05) is 0 Å². The number of aryl methyl sites for hydroxylation is 1. The van der Waals surface area contributed by atoms with E-state index in [0.29, 0.717) is 5.92 Å². The Kier molecular flexibility index (Phi) is 4.91. The fraction of sp³-hybridized carbons (Fsp3) is 0.440. The van der Waals surface area contributed by atoms with Gasteiger partial charge in [-0.15, -0.1) is 0 Å². The Morgan fingerprint density at radius 2 is 1.72 bits per heavy atom. The Bertz CT molecular complexity index is 799. The van der Waals surface area contributed by atoms with E-state index >= 15 is 0 Å². The average Bonchev–Trinajstić information content (AvgIpc) is 3.03. The molecule has 25 heavy (non-hydrogen) atoms. The zero-order chi connectivity index (χ0) is 18.2. The van der Waals surface area contributed by atoms with Crippen LogP contribution in [0.3, 0.4) is 0 Å². The summed E-state index contributed by atoms with van der Waals surface area (Å²) in [5, 5.41) is 0. The monoisotopic (exact) mass is 332 g/mol. The number of rotatable bonds is 4. The van der Waals surface area contributed by atoms with Crippen LogP contribution in [0.4, 0.5) is 0 Å². The molecule has 3 rings (SSSR count). The summed E-state index contributed by atoms with van der Waals surface area (Å²) < 4.78 is 0. The van der Waals surface area contributed by atoms with Gasteiger partial charge in [0.2, 0.25) is 0 Å². The molecule has 1 aliphatic rings. The number of hydrogen-bond acceptors (Lipinski definition) is 0. The normalized spacial score (nSPS) is 15.0. The van der Waals surface area contributed by atoms with Gasteiger partial charge < -0.3 is 0 Å². The first-order chi connectivity index (χ1) is 11.9. The van der Waals surface area contributed by atoms with Gasteiger partial charge in [0.25, 0.3) is 0 Å². The summed E-state index contributed by atoms with van der Waals surface area (Å²) in [7, 11) is 0. The van der Waals surface area contributed by atoms with E-state index in [1.54, 1.807) is 5.57 Å². The lowest BCUT2D eigenvalue weighted by molar-refractivity contribution is 0.591. The lowest BCUT2D eigenvalue weighted by atomic mass is 9.78. The standard InChI is InChI=1S/C25H32/c1-7-17(3)20-15-19-13-14-23(25(4,5)6)24(22(19)16-20)21-12-10-9-11-18(21)8-2/h9-14,16-17H,7-8,15H2,1-6H3. The van der Waals surface area contributed by atoms with Crippen molar-refractivity contribution in [3.05, 3.63) is 64.2 Å². The van der Waals surface area contributed by atoms with Crippen molar-refractivity contribution in [3.63, 3.8) is 0 Å². The fourth-order valence-electron chi connectivity index (χ4n) is 4.00. The van der Waals surface area contributed by atoms with Gasteiger partial charge in [0, 0.05) is 0 Å². The van der Waals surface area contributed by atoms with Crippen LogP contribution in [0, 0.1) is 5.92 Å². The van der Waals surface area contributed by atoms with Crippen molar-refractivity contribution < 1.29 is 0 Å². The molecule has 2 aromatic rings. The van der Waals surface area contributed by atoms with Crippen LogP contribution in [0.15, 0.2) is 42.0 Å². The van der Waals surface area contributed by atoms with Crippen LogP contribution < -0.4 is 0 Å². The van der Waals surface area contributed by atoms with Crippen molar-refractivity contribution in [1.29, 1.82) is 0 Å². The summed E-state index contributed by atoms with van der Waals surface area (Å²) in [6, 6.07) is 13.7. The molecular formula is C25H32. The number of fused-ring (bicyclic) bond motifs is 1. The molecule has 132 valence electrons. The van der Waals surface area contributed by atoms with Gasteiger partial charge in [0.15, 0.2) is 0 Å². The highest BCUT2D eigenvalue weighted by Gasteiger charge is 2.26. The van der Waals surface area contributed by atoms with E-state index in [2.05, 4.69) is 84.0 Å². The van der Waals surface area contributed by atoms with Gasteiger partial charge in [0.1, 0.15) is 0 Å². The summed E-state index contributed by atoms with van der Waals surface area (Å²) in [5.41, 5.74) is 10.5. The molecule has 0 bridgehead atoms. The van der Waals surface area contributed by atoms with Crippen molar-refractivity contribution in [2.45, 2.75) is 66.2 Å². The Morgan fingerprint density at radius 3 is 2.36 bits per heavy atom. The number of allylic oxidation sites excluding steroid dienone is 1. The van der Waals surface area contributed by atoms with E-state index in [-0.39, 0.29) is 5.41 Å². The van der Waals surface area contributed by atoms with Crippen LogP contribution in [0.25, 0.3) is 17.2 Å². The second kappa shape index (κ2) is 6.83. The first-order valence-corrected chi connectivity index (χ1v) is 9.81. The molecule has 0 aromatic heterocycles. The SMILES string of the molecule is CCc1ccccc1-c1c(C(C)(C)C)ccc2c1C=C(C(C)CC)C2. The lowest BCUT2D eigenvalue weighted by Crippen LogP contribution is -2.14. The third kappa shape index (κ3) is 3.32. The van der Waals surface area contributed by atoms with Crippen LogP contribution in [0.5, 0.6) is 0 Å². The predicted octanol–water partition coefficient (Wildman–Crippen LogP) is 7.20. The van der Waals surface area contributed by atoms with Crippen LogP contribution in [0.1, 0.15) is 70.2 Å². The molecule has 0 saturated heterocycles. The van der Waals surface area contributed by atoms with E-state index in [4.69, 9.17) is 0 Å². The number of benzene rings is 2. The molecule has 0 amide bonds. The first kappa shape index (κ1) is 18.0. The smallest absolute Gasteiger partial charge is 0.00549 e. The van der Waals surface area contributed by atoms with E-state index in [1.165, 1.54) is 39.8 Å². The molecule has 0 aliphatic heterocycles. The van der Waals surface area contributed by atoms with Crippen LogP contribution >= 0.6 is 0 Å². The Morgan fingerprint density at radius 1 is 1.00 bits per heavy atom. The highest BCUT2D eigenvalue weighted by Crippen LogP contribution is 2.43. The third-order valence-corrected chi connectivity index (χ3v) is 5.78. The number of hydrogen-bond donors (Lipinski definition) is 0. The molecule has 0 nitrogen and oxygen atoms in total. The fourth-order valence-corrected chi connectivity index (χ4v) is 4.00. The van der Waals surface area contributed by atoms with Crippen LogP contribution in [0.2, 0.25) is 0 Å². The molecule has 1 aliphatic carbocycles. The summed E-state index contributed by atoms with van der Waals surface area (Å²) in [5.74, 6) is 0.666. The van der Waals surface area contributed by atoms with Crippen LogP contribution in [-0.2, 0) is 18.3 Å². The third-order valence-electron chi connectivity index (χ3n) is 5.78. The quantitative estimate of drug-likeness (QED) is 0.555. The zero-order valence-corrected chi connectivity index (χ0v) is 16.7. The minimum atomic E-state index is 0.137. The van der Waals surface area contributed by atoms with Gasteiger partial charge in [-0.25, -0.2) is 0 Å². The maximum Gasteiger partial charge on any atom is -0.00549 e. The predicted molar refractivity (Wildman–Crippen MR) is 111 cm³/mol. The molecule has 0 fully saturated rings. The van der Waals surface area contributed by atoms with Crippen molar-refractivity contribution in [2.24, 2.45) is 5.92 Å². The highest BCUT2D eigenvalue weighted by atomic mass is 14.3. The van der Waals surface area contributed by atoms with Gasteiger partial charge in [-0.1, -0.05) is 89.6 Å². The molecule has 2 aromatic carbocycles. The van der Waals surface area contributed by atoms with Crippen molar-refractivity contribution in [1.82, 2.24) is 0 Å². The lowest BCUT2D eigenvalue weighted by Gasteiger charge is -2.26. The molecule has 0 heteroatoms. The van der Waals surface area contributed by atoms with Gasteiger partial charge in [-0.3, -0.25) is 0 Å². The minimum absolute atomic E-state index is 0.137. The maximum atomic E-state index is 2.50. The van der Waals surface area contributed by atoms with E-state index < -0.39 is 0 Å². The van der Waals surface area contributed by atoms with Gasteiger partial charge in [0.05, 0.1) is 0 Å². The molecular weight excluding hydrogens is 300 g/mol. The second-order valence-electron chi connectivity index (χ2n) is 8.53. The van der Waals surface area contributed by atoms with Crippen LogP contribution in [-0.4, -0.2) is 0 Å². The van der Waals surface area contributed by atoms with Gasteiger partial charge in [-0.2, -0.15) is 0 Å². The molecule has 0 N–H and O–H groups in total. The van der Waals surface area contributed by atoms with E-state index in [0.717, 1.165) is 12.8 Å². The van der Waals surface area contributed by atoms with Crippen molar-refractivity contribution >= 4 is 6.08 Å². The first-order valence-electron chi connectivity index (χ1n) is 9.81.